The molecule has 0 aliphatic heterocycles. The molecule has 17 heavy (non-hydrogen) atoms. The summed E-state index contributed by atoms with van der Waals surface area (Å²) in [6.07, 6.45) is 1.54. The summed E-state index contributed by atoms with van der Waals surface area (Å²) in [5, 5.41) is 3.13. The zero-order valence-corrected chi connectivity index (χ0v) is 10.7. The molecule has 0 radical (unpaired) electrons. The van der Waals surface area contributed by atoms with Crippen LogP contribution in [0.5, 0.6) is 0 Å². The van der Waals surface area contributed by atoms with Crippen LogP contribution in [0.2, 0.25) is 0 Å². The first-order valence-electron chi connectivity index (χ1n) is 5.42. The number of nitrogens with two attached hydrogens (primary N) is 1. The number of pyridine rings is 1. The quantitative estimate of drug-likeness (QED) is 0.785. The topological polar surface area (TPSA) is 77.2 Å². The maximum absolute atomic E-state index is 11.4. The minimum absolute atomic E-state index is 0.107. The lowest BCUT2D eigenvalue weighted by molar-refractivity contribution is 0.0602. The minimum Gasteiger partial charge on any atom is -0.465 e. The van der Waals surface area contributed by atoms with E-state index in [2.05, 4.69) is 35.8 Å². The van der Waals surface area contributed by atoms with Crippen LogP contribution in [-0.2, 0) is 4.74 Å². The molecule has 0 unspecified atom stereocenters. The van der Waals surface area contributed by atoms with Gasteiger partial charge in [-0.2, -0.15) is 0 Å². The number of nitrogens with one attached hydrogen (secondary N) is 1. The lowest BCUT2D eigenvalue weighted by Crippen LogP contribution is -2.21. The Labute approximate surface area is 101 Å². The van der Waals surface area contributed by atoms with Gasteiger partial charge < -0.3 is 15.8 Å². The minimum atomic E-state index is -0.455. The van der Waals surface area contributed by atoms with Crippen LogP contribution in [-0.4, -0.2) is 24.6 Å². The van der Waals surface area contributed by atoms with E-state index in [4.69, 9.17) is 5.73 Å². The second kappa shape index (κ2) is 5.03. The molecule has 0 saturated carbocycles. The van der Waals surface area contributed by atoms with Gasteiger partial charge >= 0.3 is 5.97 Å². The van der Waals surface area contributed by atoms with E-state index in [1.165, 1.54) is 13.3 Å². The summed E-state index contributed by atoms with van der Waals surface area (Å²) < 4.78 is 4.64. The van der Waals surface area contributed by atoms with Gasteiger partial charge in [0.2, 0.25) is 0 Å². The zero-order chi connectivity index (χ0) is 13.1. The SMILES string of the molecule is COC(=O)c1ccnc(NCC(C)(C)C)c1N. The van der Waals surface area contributed by atoms with E-state index in [0.29, 0.717) is 17.1 Å². The molecule has 0 saturated heterocycles. The third-order valence-electron chi connectivity index (χ3n) is 2.18. The maximum atomic E-state index is 11.4. The molecule has 5 heteroatoms. The van der Waals surface area contributed by atoms with Gasteiger partial charge in [0.1, 0.15) is 5.82 Å². The van der Waals surface area contributed by atoms with Crippen molar-refractivity contribution >= 4 is 17.5 Å². The second-order valence-electron chi connectivity index (χ2n) is 5.03. The van der Waals surface area contributed by atoms with Gasteiger partial charge in [-0.25, -0.2) is 9.78 Å². The predicted molar refractivity (Wildman–Crippen MR) is 67.9 cm³/mol. The van der Waals surface area contributed by atoms with E-state index in [1.807, 2.05) is 0 Å². The van der Waals surface area contributed by atoms with Crippen molar-refractivity contribution in [2.45, 2.75) is 20.8 Å². The summed E-state index contributed by atoms with van der Waals surface area (Å²) in [7, 11) is 1.32. The third kappa shape index (κ3) is 3.62. The summed E-state index contributed by atoms with van der Waals surface area (Å²) in [5.74, 6) is 0.0616. The maximum Gasteiger partial charge on any atom is 0.340 e. The molecule has 1 aromatic heterocycles. The fraction of sp³-hybridized carbons (Fsp3) is 0.500. The van der Waals surface area contributed by atoms with Gasteiger partial charge in [0.05, 0.1) is 18.4 Å². The number of ether oxygens (including phenoxy) is 1. The summed E-state index contributed by atoms with van der Waals surface area (Å²) in [6, 6.07) is 1.55. The highest BCUT2D eigenvalue weighted by Crippen LogP contribution is 2.22. The Kier molecular flexibility index (Phi) is 3.93. The van der Waals surface area contributed by atoms with Crippen molar-refractivity contribution in [3.8, 4) is 0 Å². The van der Waals surface area contributed by atoms with E-state index in [1.54, 1.807) is 6.07 Å². The molecule has 0 fully saturated rings. The van der Waals surface area contributed by atoms with Gasteiger partial charge in [-0.05, 0) is 11.5 Å². The number of nitrogen functional groups attached to an aromatic ring is 1. The summed E-state index contributed by atoms with van der Waals surface area (Å²) in [4.78, 5) is 15.5. The fourth-order valence-electron chi connectivity index (χ4n) is 1.25. The molecule has 0 aliphatic carbocycles. The van der Waals surface area contributed by atoms with Crippen LogP contribution in [0, 0.1) is 5.41 Å². The largest absolute Gasteiger partial charge is 0.465 e. The summed E-state index contributed by atoms with van der Waals surface area (Å²) >= 11 is 0. The Bertz CT molecular complexity index is 411. The van der Waals surface area contributed by atoms with Crippen molar-refractivity contribution in [1.82, 2.24) is 4.98 Å². The Balaban J connectivity index is 2.91. The van der Waals surface area contributed by atoms with E-state index in [-0.39, 0.29) is 5.41 Å². The molecule has 0 aromatic carbocycles. The van der Waals surface area contributed by atoms with Crippen molar-refractivity contribution < 1.29 is 9.53 Å². The monoisotopic (exact) mass is 237 g/mol. The highest BCUT2D eigenvalue weighted by molar-refractivity contribution is 5.97. The molecular weight excluding hydrogens is 218 g/mol. The fourth-order valence-corrected chi connectivity index (χ4v) is 1.25. The summed E-state index contributed by atoms with van der Waals surface area (Å²) in [6.45, 7) is 7.01. The standard InChI is InChI=1S/C12H19N3O2/c1-12(2,3)7-15-10-9(13)8(5-6-14-10)11(16)17-4/h5-6H,7,13H2,1-4H3,(H,14,15). The Morgan fingerprint density at radius 1 is 1.53 bits per heavy atom. The zero-order valence-electron chi connectivity index (χ0n) is 10.7. The third-order valence-corrected chi connectivity index (χ3v) is 2.18. The normalized spacial score (nSPS) is 11.1. The highest BCUT2D eigenvalue weighted by atomic mass is 16.5. The average molecular weight is 237 g/mol. The van der Waals surface area contributed by atoms with Crippen molar-refractivity contribution in [2.75, 3.05) is 24.7 Å². The number of hydrogen-bond donors (Lipinski definition) is 2. The first-order chi connectivity index (χ1) is 7.85. The lowest BCUT2D eigenvalue weighted by Gasteiger charge is -2.20. The van der Waals surface area contributed by atoms with E-state index in [9.17, 15) is 4.79 Å². The number of anilines is 2. The number of carbonyl (C=O) groups is 1. The smallest absolute Gasteiger partial charge is 0.340 e. The number of rotatable bonds is 3. The Morgan fingerprint density at radius 3 is 2.71 bits per heavy atom. The van der Waals surface area contributed by atoms with Gasteiger partial charge in [-0.15, -0.1) is 0 Å². The number of nitrogens with zero attached hydrogens (tertiary/aromatic N) is 1. The molecular formula is C12H19N3O2. The number of methoxy groups -OCH3 is 1. The van der Waals surface area contributed by atoms with Crippen LogP contribution in [0.15, 0.2) is 12.3 Å². The lowest BCUT2D eigenvalue weighted by atomic mass is 9.97. The number of aromatic nitrogens is 1. The number of hydrogen-bond acceptors (Lipinski definition) is 5. The van der Waals surface area contributed by atoms with E-state index in [0.717, 1.165) is 6.54 Å². The van der Waals surface area contributed by atoms with Crippen LogP contribution < -0.4 is 11.1 Å². The number of carbonyl (C=O) groups excluding carboxylic acids is 1. The van der Waals surface area contributed by atoms with Crippen LogP contribution >= 0.6 is 0 Å². The van der Waals surface area contributed by atoms with Crippen molar-refractivity contribution in [2.24, 2.45) is 5.41 Å². The van der Waals surface area contributed by atoms with Gasteiger partial charge in [-0.1, -0.05) is 20.8 Å². The van der Waals surface area contributed by atoms with Crippen molar-refractivity contribution in [3.05, 3.63) is 17.8 Å². The second-order valence-corrected chi connectivity index (χ2v) is 5.03. The van der Waals surface area contributed by atoms with E-state index < -0.39 is 5.97 Å². The molecule has 1 rings (SSSR count). The predicted octanol–water partition coefficient (Wildman–Crippen LogP) is 1.91. The molecule has 1 heterocycles. The van der Waals surface area contributed by atoms with Crippen LogP contribution in [0.4, 0.5) is 11.5 Å². The molecule has 1 aromatic rings. The van der Waals surface area contributed by atoms with Gasteiger partial charge in [-0.3, -0.25) is 0 Å². The van der Waals surface area contributed by atoms with Gasteiger partial charge in [0, 0.05) is 12.7 Å². The molecule has 0 aliphatic rings. The van der Waals surface area contributed by atoms with Gasteiger partial charge in [0.15, 0.2) is 0 Å². The Hall–Kier alpha value is -1.78. The average Bonchev–Trinajstić information content (AvgIpc) is 2.25. The van der Waals surface area contributed by atoms with Crippen molar-refractivity contribution in [1.29, 1.82) is 0 Å². The van der Waals surface area contributed by atoms with Crippen LogP contribution in [0.3, 0.4) is 0 Å². The molecule has 0 bridgehead atoms. The molecule has 5 nitrogen and oxygen atoms in total. The first kappa shape index (κ1) is 13.3. The molecule has 0 spiro atoms. The molecule has 94 valence electrons. The molecule has 3 N–H and O–H groups in total. The van der Waals surface area contributed by atoms with Crippen LogP contribution in [0.25, 0.3) is 0 Å². The molecule has 0 amide bonds. The van der Waals surface area contributed by atoms with Crippen LogP contribution in [0.1, 0.15) is 31.1 Å². The molecule has 0 atom stereocenters. The van der Waals surface area contributed by atoms with E-state index >= 15 is 0 Å². The Morgan fingerprint density at radius 2 is 2.18 bits per heavy atom. The first-order valence-corrected chi connectivity index (χ1v) is 5.42. The van der Waals surface area contributed by atoms with Crippen molar-refractivity contribution in [3.63, 3.8) is 0 Å². The number of esters is 1. The summed E-state index contributed by atoms with van der Waals surface area (Å²) in [5.41, 5.74) is 6.62. The van der Waals surface area contributed by atoms with Gasteiger partial charge in [0.25, 0.3) is 0 Å². The highest BCUT2D eigenvalue weighted by Gasteiger charge is 2.15.